The van der Waals surface area contributed by atoms with Gasteiger partial charge in [0.25, 0.3) is 5.91 Å². The topological polar surface area (TPSA) is 81.9 Å². The van der Waals surface area contributed by atoms with Gasteiger partial charge in [-0.05, 0) is 68.5 Å². The zero-order valence-corrected chi connectivity index (χ0v) is 23.8. The van der Waals surface area contributed by atoms with Crippen LogP contribution in [0.3, 0.4) is 0 Å². The molecule has 0 saturated carbocycles. The molecule has 3 aliphatic rings. The van der Waals surface area contributed by atoms with E-state index in [4.69, 9.17) is 27.7 Å². The summed E-state index contributed by atoms with van der Waals surface area (Å²) in [4.78, 5) is 32.6. The van der Waals surface area contributed by atoms with Gasteiger partial charge in [-0.15, -0.1) is 0 Å². The van der Waals surface area contributed by atoms with Crippen LogP contribution in [0.1, 0.15) is 48.2 Å². The number of carbonyl (C=O) groups excluding carboxylic acids is 2. The number of para-hydroxylation sites is 1. The lowest BCUT2D eigenvalue weighted by Crippen LogP contribution is -2.56. The second-order valence-corrected chi connectivity index (χ2v) is 12.0. The molecule has 2 amide bonds. The van der Waals surface area contributed by atoms with Crippen molar-refractivity contribution < 1.29 is 14.1 Å². The fraction of sp³-hybridized carbons (Fsp3) is 0.433. The van der Waals surface area contributed by atoms with E-state index in [-0.39, 0.29) is 23.0 Å². The largest absolute Gasteiger partial charge is 0.351 e. The van der Waals surface area contributed by atoms with E-state index in [0.29, 0.717) is 29.8 Å². The summed E-state index contributed by atoms with van der Waals surface area (Å²) < 4.78 is 5.14. The molecule has 1 atom stereocenters. The molecule has 10 heteroatoms. The maximum atomic E-state index is 13.0. The van der Waals surface area contributed by atoms with Gasteiger partial charge in [0, 0.05) is 43.3 Å². The maximum absolute atomic E-state index is 13.0. The number of nitrogens with zero attached hydrogens (tertiary/aromatic N) is 4. The molecule has 0 bridgehead atoms. The first-order valence-electron chi connectivity index (χ1n) is 13.9. The number of benzene rings is 2. The van der Waals surface area contributed by atoms with Crippen molar-refractivity contribution >= 4 is 40.7 Å². The van der Waals surface area contributed by atoms with Gasteiger partial charge in [-0.2, -0.15) is 0 Å². The number of hydrogen-bond donors (Lipinski definition) is 1. The Morgan fingerprint density at radius 1 is 1.00 bits per heavy atom. The van der Waals surface area contributed by atoms with E-state index in [0.717, 1.165) is 63.0 Å². The highest BCUT2D eigenvalue weighted by Gasteiger charge is 2.50. The zero-order chi connectivity index (χ0) is 27.7. The molecule has 2 aromatic carbocycles. The summed E-state index contributed by atoms with van der Waals surface area (Å²) in [5.74, 6) is 0.253. The molecule has 3 saturated heterocycles. The van der Waals surface area contributed by atoms with Gasteiger partial charge in [0.15, 0.2) is 0 Å². The number of amides is 2. The molecule has 40 heavy (non-hydrogen) atoms. The number of nitrogens with one attached hydrogen (secondary N) is 1. The first kappa shape index (κ1) is 27.1. The lowest BCUT2D eigenvalue weighted by atomic mass is 9.76. The van der Waals surface area contributed by atoms with E-state index >= 15 is 0 Å². The quantitative estimate of drug-likeness (QED) is 0.424. The van der Waals surface area contributed by atoms with Crippen LogP contribution >= 0.6 is 23.2 Å². The van der Waals surface area contributed by atoms with Crippen LogP contribution in [0.15, 0.2) is 65.3 Å². The minimum atomic E-state index is -0.480. The molecular formula is C30H33Cl2N5O3. The molecule has 1 aromatic heterocycles. The van der Waals surface area contributed by atoms with Crippen molar-refractivity contribution in [3.05, 3.63) is 82.2 Å². The van der Waals surface area contributed by atoms with E-state index in [1.165, 1.54) is 6.20 Å². The summed E-state index contributed by atoms with van der Waals surface area (Å²) in [6, 6.07) is 17.6. The van der Waals surface area contributed by atoms with Crippen molar-refractivity contribution in [2.24, 2.45) is 0 Å². The number of likely N-dealkylation sites (tertiary alicyclic amines) is 2. The maximum Gasteiger partial charge on any atom is 0.292 e. The van der Waals surface area contributed by atoms with Gasteiger partial charge in [-0.3, -0.25) is 9.59 Å². The predicted octanol–water partition coefficient (Wildman–Crippen LogP) is 4.97. The van der Waals surface area contributed by atoms with Crippen molar-refractivity contribution in [1.82, 2.24) is 20.3 Å². The molecule has 3 fully saturated rings. The number of hydrogen-bond acceptors (Lipinski definition) is 6. The second kappa shape index (κ2) is 11.1. The van der Waals surface area contributed by atoms with Crippen molar-refractivity contribution in [2.75, 3.05) is 44.3 Å². The van der Waals surface area contributed by atoms with E-state index in [9.17, 15) is 9.59 Å². The molecule has 210 valence electrons. The third-order valence-electron chi connectivity index (χ3n) is 9.04. The van der Waals surface area contributed by atoms with E-state index in [1.54, 1.807) is 6.07 Å². The summed E-state index contributed by atoms with van der Waals surface area (Å²) in [7, 11) is 0. The molecule has 1 unspecified atom stereocenters. The monoisotopic (exact) mass is 581 g/mol. The highest BCUT2D eigenvalue weighted by atomic mass is 35.5. The molecular weight excluding hydrogens is 549 g/mol. The van der Waals surface area contributed by atoms with Crippen LogP contribution < -0.4 is 10.2 Å². The van der Waals surface area contributed by atoms with Gasteiger partial charge < -0.3 is 24.5 Å². The van der Waals surface area contributed by atoms with Crippen molar-refractivity contribution in [3.63, 3.8) is 0 Å². The average molecular weight is 583 g/mol. The van der Waals surface area contributed by atoms with E-state index < -0.39 is 5.54 Å². The molecule has 4 heterocycles. The number of piperidine rings is 1. The Bertz CT molecular complexity index is 1360. The predicted molar refractivity (Wildman–Crippen MR) is 155 cm³/mol. The summed E-state index contributed by atoms with van der Waals surface area (Å²) in [5, 5.41) is 7.83. The van der Waals surface area contributed by atoms with Crippen molar-refractivity contribution in [3.8, 4) is 0 Å². The first-order chi connectivity index (χ1) is 19.4. The van der Waals surface area contributed by atoms with Gasteiger partial charge in [-0.25, -0.2) is 0 Å². The molecule has 8 nitrogen and oxygen atoms in total. The Kier molecular flexibility index (Phi) is 7.50. The summed E-state index contributed by atoms with van der Waals surface area (Å²) in [5.41, 5.74) is 1.49. The number of aromatic nitrogens is 1. The highest BCUT2D eigenvalue weighted by Crippen LogP contribution is 2.42. The SMILES string of the molecule is O=C(c1ccno1)N1CCC(CCCN2CCC3(CC2)C(=O)NCN3c2ccccc2)(c2ccc(Cl)c(Cl)c2)C1. The Morgan fingerprint density at radius 2 is 1.80 bits per heavy atom. The van der Waals surface area contributed by atoms with Crippen LogP contribution in [0.4, 0.5) is 5.69 Å². The number of rotatable bonds is 7. The van der Waals surface area contributed by atoms with E-state index in [2.05, 4.69) is 32.4 Å². The third kappa shape index (κ3) is 4.97. The van der Waals surface area contributed by atoms with Crippen LogP contribution in [0.2, 0.25) is 10.0 Å². The second-order valence-electron chi connectivity index (χ2n) is 11.2. The van der Waals surface area contributed by atoms with E-state index in [1.807, 2.05) is 41.3 Å². The Morgan fingerprint density at radius 3 is 2.52 bits per heavy atom. The fourth-order valence-corrected chi connectivity index (χ4v) is 7.06. The normalized spacial score (nSPS) is 22.7. The molecule has 1 spiro atoms. The number of anilines is 1. The Labute approximate surface area is 244 Å². The fourth-order valence-electron chi connectivity index (χ4n) is 6.76. The summed E-state index contributed by atoms with van der Waals surface area (Å²) >= 11 is 12.7. The molecule has 1 N–H and O–H groups in total. The molecule has 6 rings (SSSR count). The Balaban J connectivity index is 1.12. The van der Waals surface area contributed by atoms with Crippen LogP contribution in [0.5, 0.6) is 0 Å². The summed E-state index contributed by atoms with van der Waals surface area (Å²) in [6.45, 7) is 4.44. The highest BCUT2D eigenvalue weighted by molar-refractivity contribution is 6.42. The lowest BCUT2D eigenvalue weighted by Gasteiger charge is -2.43. The van der Waals surface area contributed by atoms with Crippen molar-refractivity contribution in [2.45, 2.75) is 43.1 Å². The number of carbonyl (C=O) groups is 2. The van der Waals surface area contributed by atoms with Gasteiger partial charge in [-0.1, -0.05) is 52.6 Å². The van der Waals surface area contributed by atoms with Crippen molar-refractivity contribution in [1.29, 1.82) is 0 Å². The van der Waals surface area contributed by atoms with Crippen LogP contribution in [0.25, 0.3) is 0 Å². The van der Waals surface area contributed by atoms with Gasteiger partial charge >= 0.3 is 0 Å². The zero-order valence-electron chi connectivity index (χ0n) is 22.3. The summed E-state index contributed by atoms with van der Waals surface area (Å²) in [6.07, 6.45) is 5.79. The van der Waals surface area contributed by atoms with Crippen LogP contribution in [0, 0.1) is 0 Å². The number of halogens is 2. The smallest absolute Gasteiger partial charge is 0.292 e. The minimum absolute atomic E-state index is 0.136. The molecule has 0 aliphatic carbocycles. The molecule has 3 aliphatic heterocycles. The molecule has 3 aromatic rings. The molecule has 0 radical (unpaired) electrons. The van der Waals surface area contributed by atoms with Gasteiger partial charge in [0.2, 0.25) is 11.7 Å². The first-order valence-corrected chi connectivity index (χ1v) is 14.6. The third-order valence-corrected chi connectivity index (χ3v) is 9.78. The Hall–Kier alpha value is -3.07. The van der Waals surface area contributed by atoms with Crippen LogP contribution in [-0.2, 0) is 10.2 Å². The van der Waals surface area contributed by atoms with Crippen LogP contribution in [-0.4, -0.2) is 71.7 Å². The lowest BCUT2D eigenvalue weighted by molar-refractivity contribution is -0.125. The average Bonchev–Trinajstić information content (AvgIpc) is 3.73. The van der Waals surface area contributed by atoms with Gasteiger partial charge in [0.05, 0.1) is 22.9 Å². The minimum Gasteiger partial charge on any atom is -0.351 e. The van der Waals surface area contributed by atoms with Gasteiger partial charge in [0.1, 0.15) is 5.54 Å². The standard InChI is InChI=1S/C30H33Cl2N5O3/c31-24-8-7-22(19-25(24)32)29(11-18-36(20-29)27(38)26-9-14-34-40-26)10-4-15-35-16-12-30(13-17-35)28(39)33-21-37(30)23-5-2-1-3-6-23/h1-3,5-9,14,19H,4,10-13,15-18,20-21H2,(H,33,39).